The number of pyridine rings is 1. The number of benzene rings is 1. The molecular weight excluding hydrogens is 240 g/mol. The lowest BCUT2D eigenvalue weighted by Gasteiger charge is -2.24. The summed E-state index contributed by atoms with van der Waals surface area (Å²) in [7, 11) is 0. The molecule has 0 aliphatic rings. The molecule has 2 rings (SSSR count). The maximum atomic E-state index is 12.5. The fourth-order valence-corrected chi connectivity index (χ4v) is 1.77. The smallest absolute Gasteiger partial charge is 0.260 e. The Labute approximate surface area is 111 Å². The van der Waals surface area contributed by atoms with Crippen molar-refractivity contribution >= 4 is 18.0 Å². The molecule has 1 heterocycles. The van der Waals surface area contributed by atoms with Crippen LogP contribution < -0.4 is 4.90 Å². The average molecular weight is 254 g/mol. The standard InChI is InChI=1S/C15H14N2O2/c1-12(11-18)17(14-9-5-6-10-16-14)15(19)13-7-3-2-4-8-13/h2-12H,1H3. The third-order valence-corrected chi connectivity index (χ3v) is 2.74. The van der Waals surface area contributed by atoms with Crippen LogP contribution in [0.25, 0.3) is 0 Å². The van der Waals surface area contributed by atoms with Gasteiger partial charge in [-0.3, -0.25) is 9.69 Å². The number of aromatic nitrogens is 1. The molecule has 4 heteroatoms. The largest absolute Gasteiger partial charge is 0.301 e. The Bertz CT molecular complexity index is 555. The van der Waals surface area contributed by atoms with Crippen LogP contribution in [0.5, 0.6) is 0 Å². The van der Waals surface area contributed by atoms with E-state index in [-0.39, 0.29) is 5.91 Å². The van der Waals surface area contributed by atoms with Gasteiger partial charge in [-0.2, -0.15) is 0 Å². The van der Waals surface area contributed by atoms with Crippen LogP contribution in [0.4, 0.5) is 5.82 Å². The summed E-state index contributed by atoms with van der Waals surface area (Å²) in [6.07, 6.45) is 2.33. The maximum absolute atomic E-state index is 12.5. The lowest BCUT2D eigenvalue weighted by atomic mass is 10.1. The van der Waals surface area contributed by atoms with E-state index >= 15 is 0 Å². The van der Waals surface area contributed by atoms with E-state index in [1.165, 1.54) is 4.90 Å². The highest BCUT2D eigenvalue weighted by Gasteiger charge is 2.23. The van der Waals surface area contributed by atoms with Crippen molar-refractivity contribution in [2.24, 2.45) is 0 Å². The van der Waals surface area contributed by atoms with Crippen LogP contribution in [-0.4, -0.2) is 23.2 Å². The first-order chi connectivity index (χ1) is 9.24. The van der Waals surface area contributed by atoms with Gasteiger partial charge in [-0.05, 0) is 31.2 Å². The van der Waals surface area contributed by atoms with Gasteiger partial charge in [-0.15, -0.1) is 0 Å². The number of aldehydes is 1. The van der Waals surface area contributed by atoms with Crippen molar-refractivity contribution in [3.05, 3.63) is 60.3 Å². The van der Waals surface area contributed by atoms with Crippen LogP contribution in [0.2, 0.25) is 0 Å². The van der Waals surface area contributed by atoms with Gasteiger partial charge >= 0.3 is 0 Å². The third kappa shape index (κ3) is 2.85. The molecule has 0 saturated carbocycles. The molecule has 0 aliphatic carbocycles. The molecule has 1 amide bonds. The topological polar surface area (TPSA) is 50.3 Å². The van der Waals surface area contributed by atoms with Gasteiger partial charge in [0.15, 0.2) is 0 Å². The maximum Gasteiger partial charge on any atom is 0.260 e. The zero-order chi connectivity index (χ0) is 13.7. The van der Waals surface area contributed by atoms with Crippen molar-refractivity contribution in [2.45, 2.75) is 13.0 Å². The Morgan fingerprint density at radius 2 is 1.84 bits per heavy atom. The minimum atomic E-state index is -0.567. The first kappa shape index (κ1) is 13.0. The molecule has 19 heavy (non-hydrogen) atoms. The summed E-state index contributed by atoms with van der Waals surface area (Å²) in [5, 5.41) is 0. The molecule has 0 saturated heterocycles. The van der Waals surface area contributed by atoms with Gasteiger partial charge in [-0.25, -0.2) is 4.98 Å². The molecule has 1 aromatic heterocycles. The van der Waals surface area contributed by atoms with Gasteiger partial charge in [0.25, 0.3) is 5.91 Å². The summed E-state index contributed by atoms with van der Waals surface area (Å²) in [4.78, 5) is 29.0. The molecular formula is C15H14N2O2. The SMILES string of the molecule is CC(C=O)N(C(=O)c1ccccc1)c1ccccn1. The number of amides is 1. The quantitative estimate of drug-likeness (QED) is 0.787. The van der Waals surface area contributed by atoms with E-state index in [0.717, 1.165) is 6.29 Å². The number of carbonyl (C=O) groups excluding carboxylic acids is 2. The fraction of sp³-hybridized carbons (Fsp3) is 0.133. The molecule has 0 bridgehead atoms. The van der Waals surface area contributed by atoms with E-state index in [0.29, 0.717) is 11.4 Å². The summed E-state index contributed by atoms with van der Waals surface area (Å²) in [6, 6.07) is 13.5. The monoisotopic (exact) mass is 254 g/mol. The predicted octanol–water partition coefficient (Wildman–Crippen LogP) is 2.32. The number of anilines is 1. The summed E-state index contributed by atoms with van der Waals surface area (Å²) < 4.78 is 0. The second kappa shape index (κ2) is 5.91. The number of hydrogen-bond acceptors (Lipinski definition) is 3. The summed E-state index contributed by atoms with van der Waals surface area (Å²) in [6.45, 7) is 1.67. The van der Waals surface area contributed by atoms with Crippen molar-refractivity contribution in [1.82, 2.24) is 4.98 Å². The summed E-state index contributed by atoms with van der Waals surface area (Å²) in [5.41, 5.74) is 0.529. The Morgan fingerprint density at radius 3 is 2.42 bits per heavy atom. The van der Waals surface area contributed by atoms with Gasteiger partial charge in [0.05, 0.1) is 6.04 Å². The Kier molecular flexibility index (Phi) is 4.03. The number of carbonyl (C=O) groups is 2. The van der Waals surface area contributed by atoms with Crippen LogP contribution in [0.15, 0.2) is 54.7 Å². The van der Waals surface area contributed by atoms with Gasteiger partial charge in [0.1, 0.15) is 12.1 Å². The van der Waals surface area contributed by atoms with Gasteiger partial charge in [0.2, 0.25) is 0 Å². The van der Waals surface area contributed by atoms with E-state index in [9.17, 15) is 9.59 Å². The van der Waals surface area contributed by atoms with E-state index in [4.69, 9.17) is 0 Å². The van der Waals surface area contributed by atoms with Crippen molar-refractivity contribution in [1.29, 1.82) is 0 Å². The molecule has 1 unspecified atom stereocenters. The Morgan fingerprint density at radius 1 is 1.16 bits per heavy atom. The molecule has 2 aromatic rings. The molecule has 1 atom stereocenters. The highest BCUT2D eigenvalue weighted by molar-refractivity contribution is 6.07. The number of rotatable bonds is 4. The molecule has 4 nitrogen and oxygen atoms in total. The van der Waals surface area contributed by atoms with Crippen LogP contribution in [0.3, 0.4) is 0 Å². The zero-order valence-electron chi connectivity index (χ0n) is 10.6. The van der Waals surface area contributed by atoms with E-state index in [1.54, 1.807) is 55.6 Å². The Hall–Kier alpha value is -2.49. The van der Waals surface area contributed by atoms with Crippen LogP contribution in [0.1, 0.15) is 17.3 Å². The second-order valence-electron chi connectivity index (χ2n) is 4.11. The van der Waals surface area contributed by atoms with Crippen LogP contribution in [-0.2, 0) is 4.79 Å². The fourth-order valence-electron chi connectivity index (χ4n) is 1.77. The first-order valence-electron chi connectivity index (χ1n) is 5.99. The van der Waals surface area contributed by atoms with E-state index < -0.39 is 6.04 Å². The number of nitrogens with zero attached hydrogens (tertiary/aromatic N) is 2. The molecule has 1 aromatic carbocycles. The van der Waals surface area contributed by atoms with Crippen molar-refractivity contribution in [2.75, 3.05) is 4.90 Å². The predicted molar refractivity (Wildman–Crippen MR) is 73.0 cm³/mol. The van der Waals surface area contributed by atoms with Gasteiger partial charge in [0, 0.05) is 11.8 Å². The van der Waals surface area contributed by atoms with Gasteiger partial charge < -0.3 is 4.79 Å². The van der Waals surface area contributed by atoms with Crippen molar-refractivity contribution in [3.8, 4) is 0 Å². The van der Waals surface area contributed by atoms with Gasteiger partial charge in [-0.1, -0.05) is 24.3 Å². The van der Waals surface area contributed by atoms with Crippen LogP contribution >= 0.6 is 0 Å². The second-order valence-corrected chi connectivity index (χ2v) is 4.11. The molecule has 0 fully saturated rings. The van der Waals surface area contributed by atoms with E-state index in [1.807, 2.05) is 6.07 Å². The lowest BCUT2D eigenvalue weighted by Crippen LogP contribution is -2.40. The molecule has 96 valence electrons. The zero-order valence-corrected chi connectivity index (χ0v) is 10.6. The normalized spacial score (nSPS) is 11.6. The highest BCUT2D eigenvalue weighted by Crippen LogP contribution is 2.16. The number of hydrogen-bond donors (Lipinski definition) is 0. The Balaban J connectivity index is 2.39. The van der Waals surface area contributed by atoms with Crippen LogP contribution in [0, 0.1) is 0 Å². The minimum absolute atomic E-state index is 0.237. The molecule has 0 radical (unpaired) electrons. The first-order valence-corrected chi connectivity index (χ1v) is 5.99. The summed E-state index contributed by atoms with van der Waals surface area (Å²) >= 11 is 0. The molecule has 0 aliphatic heterocycles. The average Bonchev–Trinajstić information content (AvgIpc) is 2.49. The highest BCUT2D eigenvalue weighted by atomic mass is 16.2. The minimum Gasteiger partial charge on any atom is -0.301 e. The molecule has 0 spiro atoms. The molecule has 0 N–H and O–H groups in total. The lowest BCUT2D eigenvalue weighted by molar-refractivity contribution is -0.108. The third-order valence-electron chi connectivity index (χ3n) is 2.74. The van der Waals surface area contributed by atoms with E-state index in [2.05, 4.69) is 4.98 Å². The van der Waals surface area contributed by atoms with Crippen molar-refractivity contribution in [3.63, 3.8) is 0 Å². The summed E-state index contributed by atoms with van der Waals surface area (Å²) in [5.74, 6) is 0.231. The van der Waals surface area contributed by atoms with Crippen molar-refractivity contribution < 1.29 is 9.59 Å².